The number of aromatic nitrogens is 4. The number of nitrogens with zero attached hydrogens (tertiary/aromatic N) is 4. The van der Waals surface area contributed by atoms with Crippen molar-refractivity contribution in [1.82, 2.24) is 19.9 Å². The zero-order chi connectivity index (χ0) is 19.9. The second-order valence-electron chi connectivity index (χ2n) is 6.27. The largest absolute Gasteiger partial charge is 0.374 e. The SMILES string of the molecule is CC(=O)C(COCc1ccccc1)n1ccnc(NCc2nonc2C)c1=O. The van der Waals surface area contributed by atoms with E-state index in [-0.39, 0.29) is 24.8 Å². The smallest absolute Gasteiger partial charge is 0.294 e. The Morgan fingerprint density at radius 1 is 1.29 bits per heavy atom. The predicted octanol–water partition coefficient (Wildman–Crippen LogP) is 1.89. The van der Waals surface area contributed by atoms with Crippen molar-refractivity contribution in [3.63, 3.8) is 0 Å². The first-order valence-electron chi connectivity index (χ1n) is 8.77. The molecular formula is C19H21N5O4. The van der Waals surface area contributed by atoms with Crippen molar-refractivity contribution in [1.29, 1.82) is 0 Å². The van der Waals surface area contributed by atoms with Gasteiger partial charge in [0.15, 0.2) is 11.6 Å². The van der Waals surface area contributed by atoms with E-state index in [1.165, 1.54) is 23.9 Å². The highest BCUT2D eigenvalue weighted by Gasteiger charge is 2.20. The molecule has 0 saturated carbocycles. The van der Waals surface area contributed by atoms with E-state index in [0.29, 0.717) is 18.0 Å². The molecule has 0 amide bonds. The first-order valence-corrected chi connectivity index (χ1v) is 8.77. The molecule has 146 valence electrons. The molecular weight excluding hydrogens is 362 g/mol. The van der Waals surface area contributed by atoms with Gasteiger partial charge in [0.05, 0.1) is 19.8 Å². The molecule has 3 rings (SSSR count). The highest BCUT2D eigenvalue weighted by molar-refractivity contribution is 5.80. The van der Waals surface area contributed by atoms with Crippen LogP contribution < -0.4 is 10.9 Å². The monoisotopic (exact) mass is 383 g/mol. The van der Waals surface area contributed by atoms with Gasteiger partial charge in [0.2, 0.25) is 0 Å². The van der Waals surface area contributed by atoms with E-state index in [4.69, 9.17) is 4.74 Å². The lowest BCUT2D eigenvalue weighted by molar-refractivity contribution is -0.122. The van der Waals surface area contributed by atoms with Gasteiger partial charge >= 0.3 is 0 Å². The third kappa shape index (κ3) is 4.68. The minimum atomic E-state index is -0.741. The minimum absolute atomic E-state index is 0.0832. The van der Waals surface area contributed by atoms with Crippen LogP contribution in [0.2, 0.25) is 0 Å². The number of carbonyl (C=O) groups excluding carboxylic acids is 1. The number of aryl methyl sites for hydroxylation is 1. The standard InChI is InChI=1S/C19H21N5O4/c1-13-16(23-28-22-13)10-21-18-19(26)24(9-8-20-18)17(14(2)25)12-27-11-15-6-4-3-5-7-15/h3-9,17H,10-12H2,1-2H3,(H,20,21). The number of ketones is 1. The lowest BCUT2D eigenvalue weighted by Gasteiger charge is -2.18. The highest BCUT2D eigenvalue weighted by Crippen LogP contribution is 2.10. The van der Waals surface area contributed by atoms with Gasteiger partial charge in [-0.15, -0.1) is 0 Å². The van der Waals surface area contributed by atoms with Crippen LogP contribution in [0.5, 0.6) is 0 Å². The quantitative estimate of drug-likeness (QED) is 0.596. The number of nitrogens with one attached hydrogen (secondary N) is 1. The summed E-state index contributed by atoms with van der Waals surface area (Å²) >= 11 is 0. The van der Waals surface area contributed by atoms with Crippen molar-refractivity contribution >= 4 is 11.6 Å². The molecule has 2 heterocycles. The second-order valence-corrected chi connectivity index (χ2v) is 6.27. The first kappa shape index (κ1) is 19.4. The number of ether oxygens (including phenoxy) is 1. The van der Waals surface area contributed by atoms with Crippen LogP contribution in [0, 0.1) is 6.92 Å². The molecule has 0 radical (unpaired) electrons. The maximum absolute atomic E-state index is 12.8. The Bertz CT molecular complexity index is 983. The maximum Gasteiger partial charge on any atom is 0.294 e. The van der Waals surface area contributed by atoms with E-state index in [0.717, 1.165) is 5.56 Å². The number of Topliss-reactive ketones (excluding diaryl/α,β-unsaturated/α-hetero) is 1. The zero-order valence-corrected chi connectivity index (χ0v) is 15.7. The third-order valence-corrected chi connectivity index (χ3v) is 4.23. The molecule has 0 aliphatic heterocycles. The number of anilines is 1. The molecule has 9 nitrogen and oxygen atoms in total. The molecule has 3 aromatic rings. The third-order valence-electron chi connectivity index (χ3n) is 4.23. The van der Waals surface area contributed by atoms with Gasteiger partial charge in [0.1, 0.15) is 17.4 Å². The summed E-state index contributed by atoms with van der Waals surface area (Å²) in [5.74, 6) is -0.0666. The Morgan fingerprint density at radius 3 is 2.75 bits per heavy atom. The highest BCUT2D eigenvalue weighted by atomic mass is 16.6. The molecule has 0 saturated heterocycles. The summed E-state index contributed by atoms with van der Waals surface area (Å²) in [7, 11) is 0. The maximum atomic E-state index is 12.8. The average molecular weight is 383 g/mol. The van der Waals surface area contributed by atoms with Gasteiger partial charge in [-0.25, -0.2) is 9.61 Å². The molecule has 1 N–H and O–H groups in total. The van der Waals surface area contributed by atoms with Crippen molar-refractivity contribution in [2.75, 3.05) is 11.9 Å². The fraction of sp³-hybridized carbons (Fsp3) is 0.316. The molecule has 0 spiro atoms. The zero-order valence-electron chi connectivity index (χ0n) is 15.7. The summed E-state index contributed by atoms with van der Waals surface area (Å²) in [5, 5.41) is 10.4. The molecule has 1 aromatic carbocycles. The molecule has 1 unspecified atom stereocenters. The summed E-state index contributed by atoms with van der Waals surface area (Å²) in [6, 6.07) is 8.88. The summed E-state index contributed by atoms with van der Waals surface area (Å²) in [6.45, 7) is 3.85. The van der Waals surface area contributed by atoms with E-state index in [9.17, 15) is 9.59 Å². The Hall–Kier alpha value is -3.33. The number of hydrogen-bond donors (Lipinski definition) is 1. The Labute approximate surface area is 161 Å². The van der Waals surface area contributed by atoms with E-state index < -0.39 is 11.6 Å². The van der Waals surface area contributed by atoms with Crippen LogP contribution in [0.25, 0.3) is 0 Å². The summed E-state index contributed by atoms with van der Waals surface area (Å²) < 4.78 is 11.6. The van der Waals surface area contributed by atoms with Crippen molar-refractivity contribution in [2.24, 2.45) is 0 Å². The van der Waals surface area contributed by atoms with Gasteiger partial charge in [-0.2, -0.15) is 0 Å². The van der Waals surface area contributed by atoms with Gasteiger partial charge in [-0.1, -0.05) is 40.6 Å². The predicted molar refractivity (Wildman–Crippen MR) is 101 cm³/mol. The fourth-order valence-corrected chi connectivity index (χ4v) is 2.63. The van der Waals surface area contributed by atoms with Crippen LogP contribution in [0.1, 0.15) is 29.9 Å². The minimum Gasteiger partial charge on any atom is -0.374 e. The van der Waals surface area contributed by atoms with E-state index in [1.54, 1.807) is 6.92 Å². The van der Waals surface area contributed by atoms with Gasteiger partial charge in [0, 0.05) is 12.4 Å². The summed E-state index contributed by atoms with van der Waals surface area (Å²) in [5.41, 5.74) is 1.77. The molecule has 1 atom stereocenters. The molecule has 9 heteroatoms. The van der Waals surface area contributed by atoms with Crippen LogP contribution in [0.4, 0.5) is 5.82 Å². The molecule has 0 aliphatic carbocycles. The number of carbonyl (C=O) groups is 1. The van der Waals surface area contributed by atoms with Gasteiger partial charge in [-0.3, -0.25) is 14.2 Å². The Balaban J connectivity index is 1.71. The van der Waals surface area contributed by atoms with Crippen molar-refractivity contribution < 1.29 is 14.2 Å². The normalized spacial score (nSPS) is 11.9. The van der Waals surface area contributed by atoms with Gasteiger partial charge < -0.3 is 10.1 Å². The fourth-order valence-electron chi connectivity index (χ4n) is 2.63. The van der Waals surface area contributed by atoms with Gasteiger partial charge in [-0.05, 0) is 19.4 Å². The van der Waals surface area contributed by atoms with Gasteiger partial charge in [0.25, 0.3) is 5.56 Å². The van der Waals surface area contributed by atoms with Crippen LogP contribution >= 0.6 is 0 Å². The molecule has 0 aliphatic rings. The lowest BCUT2D eigenvalue weighted by atomic mass is 10.2. The number of rotatable bonds is 9. The summed E-state index contributed by atoms with van der Waals surface area (Å²) in [4.78, 5) is 29.0. The molecule has 0 bridgehead atoms. The number of benzene rings is 1. The lowest BCUT2D eigenvalue weighted by Crippen LogP contribution is -2.33. The Kier molecular flexibility index (Phi) is 6.28. The van der Waals surface area contributed by atoms with Crippen molar-refractivity contribution in [3.8, 4) is 0 Å². The summed E-state index contributed by atoms with van der Waals surface area (Å²) in [6.07, 6.45) is 2.94. The van der Waals surface area contributed by atoms with Crippen LogP contribution in [-0.2, 0) is 22.7 Å². The molecule has 0 fully saturated rings. The van der Waals surface area contributed by atoms with E-state index >= 15 is 0 Å². The Morgan fingerprint density at radius 2 is 2.07 bits per heavy atom. The molecule has 2 aromatic heterocycles. The van der Waals surface area contributed by atoms with E-state index in [2.05, 4.69) is 25.2 Å². The second kappa shape index (κ2) is 9.05. The number of hydrogen-bond acceptors (Lipinski definition) is 8. The average Bonchev–Trinajstić information content (AvgIpc) is 3.10. The topological polar surface area (TPSA) is 112 Å². The van der Waals surface area contributed by atoms with Crippen LogP contribution in [0.3, 0.4) is 0 Å². The molecule has 28 heavy (non-hydrogen) atoms. The van der Waals surface area contributed by atoms with Crippen LogP contribution in [0.15, 0.2) is 52.1 Å². The first-order chi connectivity index (χ1) is 13.6. The van der Waals surface area contributed by atoms with Crippen molar-refractivity contribution in [2.45, 2.75) is 33.0 Å². The van der Waals surface area contributed by atoms with Crippen molar-refractivity contribution in [3.05, 3.63) is 70.0 Å². The van der Waals surface area contributed by atoms with E-state index in [1.807, 2.05) is 30.3 Å². The van der Waals surface area contributed by atoms with Crippen LogP contribution in [-0.4, -0.2) is 32.3 Å².